The van der Waals surface area contributed by atoms with Crippen molar-refractivity contribution in [2.24, 2.45) is 0 Å². The van der Waals surface area contributed by atoms with Gasteiger partial charge in [0.05, 0.1) is 5.69 Å². The predicted molar refractivity (Wildman–Crippen MR) is 85.8 cm³/mol. The van der Waals surface area contributed by atoms with E-state index >= 15 is 0 Å². The molecule has 2 aromatic rings. The molecule has 1 heterocycles. The number of rotatable bonds is 6. The zero-order valence-corrected chi connectivity index (χ0v) is 13.1. The normalized spacial score (nSPS) is 10.3. The first kappa shape index (κ1) is 17.5. The van der Waals surface area contributed by atoms with E-state index in [1.54, 1.807) is 0 Å². The second-order valence-electron chi connectivity index (χ2n) is 5.12. The molecule has 0 spiro atoms. The molecule has 1 aromatic carbocycles. The van der Waals surface area contributed by atoms with Crippen molar-refractivity contribution in [1.82, 2.24) is 10.3 Å². The molecule has 0 aliphatic heterocycles. The van der Waals surface area contributed by atoms with Gasteiger partial charge in [-0.15, -0.1) is 0 Å². The SMILES string of the molecule is CCCCNC(=O)c1cc(C(=O)Nc2ccc(F)cc2F)ccn1. The average molecular weight is 333 g/mol. The summed E-state index contributed by atoms with van der Waals surface area (Å²) >= 11 is 0. The second-order valence-corrected chi connectivity index (χ2v) is 5.12. The number of hydrogen-bond donors (Lipinski definition) is 2. The van der Waals surface area contributed by atoms with Crippen LogP contribution in [0.1, 0.15) is 40.6 Å². The molecule has 7 heteroatoms. The van der Waals surface area contributed by atoms with E-state index in [2.05, 4.69) is 15.6 Å². The maximum atomic E-state index is 13.6. The Labute approximate surface area is 138 Å². The summed E-state index contributed by atoms with van der Waals surface area (Å²) in [7, 11) is 0. The number of unbranched alkanes of at least 4 members (excludes halogenated alkanes) is 1. The highest BCUT2D eigenvalue weighted by atomic mass is 19.1. The van der Waals surface area contributed by atoms with Crippen LogP contribution in [0.25, 0.3) is 0 Å². The van der Waals surface area contributed by atoms with Crippen LogP contribution in [0.3, 0.4) is 0 Å². The second kappa shape index (κ2) is 8.14. The van der Waals surface area contributed by atoms with E-state index in [9.17, 15) is 18.4 Å². The maximum Gasteiger partial charge on any atom is 0.269 e. The molecular formula is C17H17F2N3O2. The highest BCUT2D eigenvalue weighted by Crippen LogP contribution is 2.16. The number of halogens is 2. The monoisotopic (exact) mass is 333 g/mol. The molecule has 2 rings (SSSR count). The average Bonchev–Trinajstić information content (AvgIpc) is 2.57. The molecule has 0 aliphatic carbocycles. The van der Waals surface area contributed by atoms with E-state index in [1.807, 2.05) is 6.92 Å². The fourth-order valence-corrected chi connectivity index (χ4v) is 1.95. The van der Waals surface area contributed by atoms with Gasteiger partial charge >= 0.3 is 0 Å². The van der Waals surface area contributed by atoms with Crippen LogP contribution < -0.4 is 10.6 Å². The Bertz CT molecular complexity index is 750. The molecule has 0 saturated carbocycles. The Hall–Kier alpha value is -2.83. The number of anilines is 1. The van der Waals surface area contributed by atoms with Gasteiger partial charge in [-0.05, 0) is 30.7 Å². The third-order valence-corrected chi connectivity index (χ3v) is 3.25. The molecule has 1 aromatic heterocycles. The molecule has 2 N–H and O–H groups in total. The fraction of sp³-hybridized carbons (Fsp3) is 0.235. The third kappa shape index (κ3) is 4.58. The van der Waals surface area contributed by atoms with E-state index in [0.29, 0.717) is 12.6 Å². The summed E-state index contributed by atoms with van der Waals surface area (Å²) in [5.74, 6) is -2.62. The Morgan fingerprint density at radius 3 is 2.62 bits per heavy atom. The Balaban J connectivity index is 2.09. The topological polar surface area (TPSA) is 71.1 Å². The van der Waals surface area contributed by atoms with Gasteiger partial charge in [-0.1, -0.05) is 13.3 Å². The lowest BCUT2D eigenvalue weighted by Crippen LogP contribution is -2.25. The first-order chi connectivity index (χ1) is 11.5. The Morgan fingerprint density at radius 2 is 1.92 bits per heavy atom. The van der Waals surface area contributed by atoms with Crippen molar-refractivity contribution in [3.05, 3.63) is 59.4 Å². The minimum atomic E-state index is -0.880. The maximum absolute atomic E-state index is 13.6. The van der Waals surface area contributed by atoms with Crippen molar-refractivity contribution in [3.63, 3.8) is 0 Å². The summed E-state index contributed by atoms with van der Waals surface area (Å²) in [6, 6.07) is 5.56. The number of nitrogens with one attached hydrogen (secondary N) is 2. The summed E-state index contributed by atoms with van der Waals surface area (Å²) < 4.78 is 26.4. The molecule has 0 fully saturated rings. The first-order valence-electron chi connectivity index (χ1n) is 7.52. The van der Waals surface area contributed by atoms with Crippen molar-refractivity contribution in [1.29, 1.82) is 0 Å². The lowest BCUT2D eigenvalue weighted by molar-refractivity contribution is 0.0948. The van der Waals surface area contributed by atoms with E-state index < -0.39 is 17.5 Å². The largest absolute Gasteiger partial charge is 0.351 e. The Morgan fingerprint density at radius 1 is 1.12 bits per heavy atom. The van der Waals surface area contributed by atoms with Crippen LogP contribution in [-0.2, 0) is 0 Å². The minimum absolute atomic E-state index is 0.0957. The van der Waals surface area contributed by atoms with Crippen LogP contribution in [-0.4, -0.2) is 23.3 Å². The molecule has 126 valence electrons. The predicted octanol–water partition coefficient (Wildman–Crippen LogP) is 3.14. The van der Waals surface area contributed by atoms with Gasteiger partial charge in [-0.2, -0.15) is 0 Å². The number of carbonyl (C=O) groups is 2. The molecule has 0 radical (unpaired) electrons. The highest BCUT2D eigenvalue weighted by Gasteiger charge is 2.13. The van der Waals surface area contributed by atoms with Gasteiger partial charge < -0.3 is 10.6 Å². The van der Waals surface area contributed by atoms with Crippen LogP contribution in [0, 0.1) is 11.6 Å². The molecule has 0 aliphatic rings. The Kier molecular flexibility index (Phi) is 5.95. The van der Waals surface area contributed by atoms with E-state index in [1.165, 1.54) is 18.3 Å². The number of aromatic nitrogens is 1. The molecule has 24 heavy (non-hydrogen) atoms. The van der Waals surface area contributed by atoms with Crippen LogP contribution in [0.4, 0.5) is 14.5 Å². The van der Waals surface area contributed by atoms with Crippen molar-refractivity contribution in [2.45, 2.75) is 19.8 Å². The van der Waals surface area contributed by atoms with Gasteiger partial charge in [0.25, 0.3) is 11.8 Å². The van der Waals surface area contributed by atoms with Crippen LogP contribution in [0.15, 0.2) is 36.5 Å². The van der Waals surface area contributed by atoms with Crippen LogP contribution in [0.5, 0.6) is 0 Å². The van der Waals surface area contributed by atoms with Crippen LogP contribution in [0.2, 0.25) is 0 Å². The fourth-order valence-electron chi connectivity index (χ4n) is 1.95. The van der Waals surface area contributed by atoms with Crippen molar-refractivity contribution in [2.75, 3.05) is 11.9 Å². The first-order valence-corrected chi connectivity index (χ1v) is 7.52. The molecule has 0 unspecified atom stereocenters. The molecule has 0 saturated heterocycles. The number of carbonyl (C=O) groups excluding carboxylic acids is 2. The molecule has 2 amide bonds. The number of hydrogen-bond acceptors (Lipinski definition) is 3. The third-order valence-electron chi connectivity index (χ3n) is 3.25. The van der Waals surface area contributed by atoms with E-state index in [-0.39, 0.29) is 22.9 Å². The zero-order chi connectivity index (χ0) is 17.5. The summed E-state index contributed by atoms with van der Waals surface area (Å²) in [4.78, 5) is 28.0. The summed E-state index contributed by atoms with van der Waals surface area (Å²) in [6.45, 7) is 2.53. The van der Waals surface area contributed by atoms with Gasteiger partial charge in [0.15, 0.2) is 0 Å². The van der Waals surface area contributed by atoms with Crippen molar-refractivity contribution >= 4 is 17.5 Å². The van der Waals surface area contributed by atoms with E-state index in [4.69, 9.17) is 0 Å². The number of pyridine rings is 1. The molecule has 0 atom stereocenters. The van der Waals surface area contributed by atoms with Gasteiger partial charge in [-0.3, -0.25) is 14.6 Å². The lowest BCUT2D eigenvalue weighted by atomic mass is 10.2. The number of benzene rings is 1. The van der Waals surface area contributed by atoms with Crippen molar-refractivity contribution in [3.8, 4) is 0 Å². The number of nitrogens with zero attached hydrogens (tertiary/aromatic N) is 1. The van der Waals surface area contributed by atoms with Gasteiger partial charge in [0, 0.05) is 24.4 Å². The quantitative estimate of drug-likeness (QED) is 0.798. The van der Waals surface area contributed by atoms with E-state index in [0.717, 1.165) is 25.0 Å². The molecule has 0 bridgehead atoms. The summed E-state index contributed by atoms with van der Waals surface area (Å²) in [5.41, 5.74) is 0.0971. The van der Waals surface area contributed by atoms with Gasteiger partial charge in [-0.25, -0.2) is 8.78 Å². The lowest BCUT2D eigenvalue weighted by Gasteiger charge is -2.08. The summed E-state index contributed by atoms with van der Waals surface area (Å²) in [6.07, 6.45) is 3.11. The molecule has 5 nitrogen and oxygen atoms in total. The highest BCUT2D eigenvalue weighted by molar-refractivity contribution is 6.05. The number of amides is 2. The smallest absolute Gasteiger partial charge is 0.269 e. The van der Waals surface area contributed by atoms with Gasteiger partial charge in [0.2, 0.25) is 0 Å². The zero-order valence-electron chi connectivity index (χ0n) is 13.1. The standard InChI is InChI=1S/C17H17F2N3O2/c1-2-3-7-21-17(24)15-9-11(6-8-20-15)16(23)22-14-5-4-12(18)10-13(14)19/h4-6,8-10H,2-3,7H2,1H3,(H,21,24)(H,22,23). The van der Waals surface area contributed by atoms with Crippen molar-refractivity contribution < 1.29 is 18.4 Å². The summed E-state index contributed by atoms with van der Waals surface area (Å²) in [5, 5.41) is 5.03. The van der Waals surface area contributed by atoms with Gasteiger partial charge in [0.1, 0.15) is 17.3 Å². The minimum Gasteiger partial charge on any atom is -0.351 e. The molecular weight excluding hydrogens is 316 g/mol. The van der Waals surface area contributed by atoms with Crippen LogP contribution >= 0.6 is 0 Å².